The summed E-state index contributed by atoms with van der Waals surface area (Å²) in [4.78, 5) is 13.1. The number of aliphatic hydroxyl groups excluding tert-OH is 1. The van der Waals surface area contributed by atoms with Crippen LogP contribution in [0, 0.1) is 0 Å². The number of methoxy groups -OCH3 is 1. The maximum absolute atomic E-state index is 13.6. The van der Waals surface area contributed by atoms with E-state index in [1.165, 1.54) is 35.7 Å². The molecule has 3 rings (SSSR count). The molecule has 0 bridgehead atoms. The smallest absolute Gasteiger partial charge is 0.251 e. The number of rotatable bonds is 14. The largest absolute Gasteiger partial charge is 0.508 e. The molecule has 2 atom stereocenters. The van der Waals surface area contributed by atoms with Crippen LogP contribution < -0.4 is 10.1 Å². The number of carbonyl (C=O) groups excluding carboxylic acids is 1. The van der Waals surface area contributed by atoms with Crippen LogP contribution in [0.25, 0.3) is 0 Å². The lowest BCUT2D eigenvalue weighted by Crippen LogP contribution is -2.50. The summed E-state index contributed by atoms with van der Waals surface area (Å²) in [6.45, 7) is 2.07. The Hall–Kier alpha value is -3.40. The number of aliphatic hydroxyl groups is 1. The molecule has 1 amide bonds. The molecule has 0 aliphatic rings. The lowest BCUT2D eigenvalue weighted by atomic mass is 10.0. The molecule has 0 heterocycles. The van der Waals surface area contributed by atoms with E-state index in [0.29, 0.717) is 12.2 Å². The minimum absolute atomic E-state index is 0.0505. The van der Waals surface area contributed by atoms with Crippen molar-refractivity contribution in [2.75, 3.05) is 20.2 Å². The number of sulfonamides is 1. The molecule has 0 saturated heterocycles. The molecule has 0 aromatic heterocycles. The normalized spacial score (nSPS) is 13.2. The molecule has 3 aromatic carbocycles. The van der Waals surface area contributed by atoms with E-state index in [9.17, 15) is 23.4 Å². The van der Waals surface area contributed by atoms with Crippen molar-refractivity contribution in [3.8, 4) is 11.5 Å². The maximum atomic E-state index is 13.6. The summed E-state index contributed by atoms with van der Waals surface area (Å²) in [7, 11) is -2.41. The molecular formula is C29H36N2O6S. The summed E-state index contributed by atoms with van der Waals surface area (Å²) >= 11 is 0. The standard InChI is InChI=1S/C29H36N2O6S/c1-3-4-8-18-31(38(35,36)26-16-14-25(37-2)15-17-26)21-28(33)27(19-22-10-6-5-7-11-22)30-29(34)23-12-9-13-24(32)20-23/h5-7,9-17,20,27-28,32-33H,3-4,8,18-19,21H2,1-2H3,(H,30,34). The second-order valence-electron chi connectivity index (χ2n) is 9.13. The van der Waals surface area contributed by atoms with Gasteiger partial charge in [0.05, 0.1) is 24.2 Å². The highest BCUT2D eigenvalue weighted by atomic mass is 32.2. The van der Waals surface area contributed by atoms with Gasteiger partial charge in [0.25, 0.3) is 5.91 Å². The van der Waals surface area contributed by atoms with E-state index in [0.717, 1.165) is 18.4 Å². The van der Waals surface area contributed by atoms with Crippen molar-refractivity contribution < 1.29 is 28.2 Å². The molecule has 0 aliphatic heterocycles. The first-order valence-corrected chi connectivity index (χ1v) is 14.1. The average molecular weight is 541 g/mol. The van der Waals surface area contributed by atoms with Crippen molar-refractivity contribution in [2.45, 2.75) is 49.6 Å². The number of carbonyl (C=O) groups is 1. The van der Waals surface area contributed by atoms with Crippen LogP contribution in [-0.4, -0.2) is 61.2 Å². The molecule has 0 aliphatic carbocycles. The van der Waals surface area contributed by atoms with Gasteiger partial charge in [0.15, 0.2) is 0 Å². The molecule has 204 valence electrons. The van der Waals surface area contributed by atoms with E-state index in [2.05, 4.69) is 5.32 Å². The SMILES string of the molecule is CCCCCN(CC(O)C(Cc1ccccc1)NC(=O)c1cccc(O)c1)S(=O)(=O)c1ccc(OC)cc1. The zero-order chi connectivity index (χ0) is 27.5. The number of hydrogen-bond donors (Lipinski definition) is 3. The highest BCUT2D eigenvalue weighted by Gasteiger charge is 2.31. The third-order valence-electron chi connectivity index (χ3n) is 6.29. The molecule has 0 radical (unpaired) electrons. The van der Waals surface area contributed by atoms with Crippen molar-refractivity contribution in [1.29, 1.82) is 0 Å². The fourth-order valence-corrected chi connectivity index (χ4v) is 5.63. The van der Waals surface area contributed by atoms with Crippen LogP contribution >= 0.6 is 0 Å². The number of unbranched alkanes of at least 4 members (excludes halogenated alkanes) is 2. The Morgan fingerprint density at radius 3 is 2.34 bits per heavy atom. The zero-order valence-corrected chi connectivity index (χ0v) is 22.6. The number of phenols is 1. The second-order valence-corrected chi connectivity index (χ2v) is 11.1. The molecule has 3 N–H and O–H groups in total. The quantitative estimate of drug-likeness (QED) is 0.266. The first kappa shape index (κ1) is 29.2. The Bertz CT molecular complexity index is 1270. The van der Waals surface area contributed by atoms with Crippen molar-refractivity contribution in [2.24, 2.45) is 0 Å². The van der Waals surface area contributed by atoms with E-state index in [4.69, 9.17) is 4.74 Å². The third-order valence-corrected chi connectivity index (χ3v) is 8.17. The summed E-state index contributed by atoms with van der Waals surface area (Å²) in [5.41, 5.74) is 1.12. The monoisotopic (exact) mass is 540 g/mol. The lowest BCUT2D eigenvalue weighted by molar-refractivity contribution is 0.0782. The molecule has 3 aromatic rings. The highest BCUT2D eigenvalue weighted by molar-refractivity contribution is 7.89. The fraction of sp³-hybridized carbons (Fsp3) is 0.345. The van der Waals surface area contributed by atoms with Crippen LogP contribution in [0.2, 0.25) is 0 Å². The predicted molar refractivity (Wildman–Crippen MR) is 147 cm³/mol. The van der Waals surface area contributed by atoms with Crippen molar-refractivity contribution in [3.63, 3.8) is 0 Å². The summed E-state index contributed by atoms with van der Waals surface area (Å²) < 4.78 is 33.6. The van der Waals surface area contributed by atoms with E-state index in [1.807, 2.05) is 37.3 Å². The first-order valence-electron chi connectivity index (χ1n) is 12.7. The van der Waals surface area contributed by atoms with E-state index in [-0.39, 0.29) is 35.7 Å². The summed E-state index contributed by atoms with van der Waals surface area (Å²) in [6, 6.07) is 20.6. The van der Waals surface area contributed by atoms with Gasteiger partial charge in [-0.2, -0.15) is 4.31 Å². The van der Waals surface area contributed by atoms with Crippen molar-refractivity contribution >= 4 is 15.9 Å². The Balaban J connectivity index is 1.87. The number of benzene rings is 3. The molecule has 0 fully saturated rings. The Morgan fingerprint density at radius 2 is 1.71 bits per heavy atom. The van der Waals surface area contributed by atoms with Gasteiger partial charge in [0, 0.05) is 18.7 Å². The predicted octanol–water partition coefficient (Wildman–Crippen LogP) is 3.98. The van der Waals surface area contributed by atoms with Gasteiger partial charge in [0.1, 0.15) is 11.5 Å². The molecule has 9 heteroatoms. The number of amides is 1. The number of hydrogen-bond acceptors (Lipinski definition) is 6. The van der Waals surface area contributed by atoms with Gasteiger partial charge in [-0.25, -0.2) is 8.42 Å². The van der Waals surface area contributed by atoms with Crippen LogP contribution in [0.5, 0.6) is 11.5 Å². The van der Waals surface area contributed by atoms with Gasteiger partial charge in [0.2, 0.25) is 10.0 Å². The number of aromatic hydroxyl groups is 1. The third kappa shape index (κ3) is 8.05. The van der Waals surface area contributed by atoms with Crippen molar-refractivity contribution in [3.05, 3.63) is 90.0 Å². The lowest BCUT2D eigenvalue weighted by Gasteiger charge is -2.30. The van der Waals surface area contributed by atoms with E-state index >= 15 is 0 Å². The summed E-state index contributed by atoms with van der Waals surface area (Å²) in [6.07, 6.45) is 1.48. The average Bonchev–Trinajstić information content (AvgIpc) is 2.92. The number of nitrogens with zero attached hydrogens (tertiary/aromatic N) is 1. The second kappa shape index (κ2) is 13.9. The van der Waals surface area contributed by atoms with Gasteiger partial charge in [-0.1, -0.05) is 56.2 Å². The molecule has 0 spiro atoms. The van der Waals surface area contributed by atoms with Gasteiger partial charge in [-0.15, -0.1) is 0 Å². The van der Waals surface area contributed by atoms with E-state index in [1.54, 1.807) is 24.3 Å². The van der Waals surface area contributed by atoms with Crippen LogP contribution in [-0.2, 0) is 16.4 Å². The number of phenolic OH excluding ortho intramolecular Hbond substituents is 1. The number of ether oxygens (including phenoxy) is 1. The Labute approximate surface area is 224 Å². The van der Waals surface area contributed by atoms with Gasteiger partial charge < -0.3 is 20.3 Å². The fourth-order valence-electron chi connectivity index (χ4n) is 4.13. The summed E-state index contributed by atoms with van der Waals surface area (Å²) in [5.74, 6) is 0.0148. The van der Waals surface area contributed by atoms with Gasteiger partial charge in [-0.05, 0) is 60.9 Å². The van der Waals surface area contributed by atoms with Crippen LogP contribution in [0.3, 0.4) is 0 Å². The van der Waals surface area contributed by atoms with E-state index < -0.39 is 28.1 Å². The Kier molecular flexibility index (Phi) is 10.7. The topological polar surface area (TPSA) is 116 Å². The first-order chi connectivity index (χ1) is 18.2. The van der Waals surface area contributed by atoms with Gasteiger partial charge in [-0.3, -0.25) is 4.79 Å². The number of nitrogens with one attached hydrogen (secondary N) is 1. The zero-order valence-electron chi connectivity index (χ0n) is 21.8. The van der Waals surface area contributed by atoms with Crippen LogP contribution in [0.4, 0.5) is 0 Å². The summed E-state index contributed by atoms with van der Waals surface area (Å²) in [5, 5.41) is 24.0. The molecule has 8 nitrogen and oxygen atoms in total. The minimum atomic E-state index is -3.92. The maximum Gasteiger partial charge on any atom is 0.251 e. The van der Waals surface area contributed by atoms with Gasteiger partial charge >= 0.3 is 0 Å². The van der Waals surface area contributed by atoms with Crippen molar-refractivity contribution in [1.82, 2.24) is 9.62 Å². The molecule has 38 heavy (non-hydrogen) atoms. The molecular weight excluding hydrogens is 504 g/mol. The highest BCUT2D eigenvalue weighted by Crippen LogP contribution is 2.22. The van der Waals surface area contributed by atoms with Crippen LogP contribution in [0.1, 0.15) is 42.1 Å². The molecule has 0 saturated carbocycles. The molecule has 2 unspecified atom stereocenters. The minimum Gasteiger partial charge on any atom is -0.508 e. The Morgan fingerprint density at radius 1 is 1.00 bits per heavy atom. The van der Waals surface area contributed by atoms with Crippen LogP contribution in [0.15, 0.2) is 83.8 Å².